The summed E-state index contributed by atoms with van der Waals surface area (Å²) in [6.07, 6.45) is 4.10. The Labute approximate surface area is 838 Å². The molecule has 670 valence electrons. The van der Waals surface area contributed by atoms with Gasteiger partial charge in [-0.15, -0.1) is 0 Å². The number of para-hydroxylation sites is 1. The molecule has 0 unspecified atom stereocenters. The Hall–Kier alpha value is -18.9. The molecule has 0 aliphatic carbocycles. The van der Waals surface area contributed by atoms with E-state index in [1.807, 2.05) is 6.20 Å². The van der Waals surface area contributed by atoms with E-state index in [2.05, 4.69) is 552 Å². The third-order valence-electron chi connectivity index (χ3n) is 29.1. The summed E-state index contributed by atoms with van der Waals surface area (Å²) in [6, 6.07) is 202. The van der Waals surface area contributed by atoms with E-state index in [0.717, 1.165) is 178 Å². The van der Waals surface area contributed by atoms with Crippen LogP contribution >= 0.6 is 0 Å². The van der Waals surface area contributed by atoms with Gasteiger partial charge in [-0.1, -0.05) is 497 Å². The summed E-state index contributed by atoms with van der Waals surface area (Å²) < 4.78 is 0. The van der Waals surface area contributed by atoms with E-state index in [1.165, 1.54) is 98.7 Å². The molecule has 26 rings (SSSR count). The summed E-state index contributed by atoms with van der Waals surface area (Å²) in [5.41, 5.74) is 44.0. The van der Waals surface area contributed by atoms with Crippen LogP contribution in [0.5, 0.6) is 0 Å². The van der Waals surface area contributed by atoms with Crippen LogP contribution in [0.2, 0.25) is 0 Å². The zero-order valence-corrected chi connectivity index (χ0v) is 79.0. The topological polar surface area (TPSA) is 25.8 Å². The molecule has 2 nitrogen and oxygen atoms in total. The molecule has 2 aromatic heterocycles. The maximum absolute atomic E-state index is 5.20. The molecule has 144 heavy (non-hydrogen) atoms. The second-order valence-electron chi connectivity index (χ2n) is 37.4. The fourth-order valence-electron chi connectivity index (χ4n) is 22.9. The lowest BCUT2D eigenvalue weighted by Crippen LogP contribution is -2.02. The average molecular weight is 1830 g/mol. The zero-order valence-electron chi connectivity index (χ0n) is 79.0. The molecule has 0 N–H and O–H groups in total. The van der Waals surface area contributed by atoms with Crippen molar-refractivity contribution in [1.82, 2.24) is 9.97 Å². The minimum absolute atomic E-state index is 0.945. The maximum Gasteiger partial charge on any atom is 0.0709 e. The number of pyridine rings is 2. The van der Waals surface area contributed by atoms with Gasteiger partial charge >= 0.3 is 0 Å². The predicted molar refractivity (Wildman–Crippen MR) is 610 cm³/mol. The van der Waals surface area contributed by atoms with E-state index in [9.17, 15) is 0 Å². The second-order valence-corrected chi connectivity index (χ2v) is 37.4. The predicted octanol–water partition coefficient (Wildman–Crippen LogP) is 39.1. The molecular formula is C142H92N2. The van der Waals surface area contributed by atoms with E-state index in [-0.39, 0.29) is 0 Å². The number of hydrogen-bond acceptors (Lipinski definition) is 2. The van der Waals surface area contributed by atoms with Gasteiger partial charge in [0, 0.05) is 34.3 Å². The summed E-state index contributed by atoms with van der Waals surface area (Å²) in [4.78, 5) is 10.4. The van der Waals surface area contributed by atoms with Gasteiger partial charge in [0.15, 0.2) is 0 Å². The highest BCUT2D eigenvalue weighted by Gasteiger charge is 2.34. The van der Waals surface area contributed by atoms with Crippen LogP contribution in [0.4, 0.5) is 0 Å². The molecule has 0 fully saturated rings. The molecule has 0 spiro atoms. The highest BCUT2D eigenvalue weighted by molar-refractivity contribution is 6.25. The Morgan fingerprint density at radius 1 is 0.111 bits per heavy atom. The molecule has 2 heterocycles. The van der Waals surface area contributed by atoms with Crippen LogP contribution in [-0.4, -0.2) is 9.97 Å². The van der Waals surface area contributed by atoms with Crippen LogP contribution < -0.4 is 0 Å². The summed E-state index contributed by atoms with van der Waals surface area (Å²) in [5, 5.41) is 12.7. The summed E-state index contributed by atoms with van der Waals surface area (Å²) in [5.74, 6) is 0. The standard InChI is InChI=1S/C142H92N2/c1-10-44-94(45-11-1)131-132(95-46-12-2-13-47-95)135(98-52-18-5-19-53-98)141(136(99-54-20-6-21-55-99)133(131)96-48-14-3-15-49-96)112-70-41-67-109(89-112)129-120-76-33-29-72-116(120)127(117-73-30-34-77-121(117)129)107-65-39-63-105(87-107)124-92-143-91-114-86-104(81-83-115(114)124)103-62-38-69-111(85-103)140-137(100-56-22-7-23-57-100)134(97-50-16-4-17-51-97)138(101-58-24-8-25-59-101)142(139(140)102-60-26-9-27-61-102)113-71-42-68-110(90-113)130-122-78-35-31-74-118(122)128(119-75-32-36-79-123(119)130)108-66-40-64-106(88-108)126-84-82-93-43-28-37-80-125(93)144-126/h1-92H. The van der Waals surface area contributed by atoms with Crippen LogP contribution in [0.3, 0.4) is 0 Å². The molecule has 2 heteroatoms. The van der Waals surface area contributed by atoms with Gasteiger partial charge in [0.05, 0.1) is 11.2 Å². The van der Waals surface area contributed by atoms with Crippen molar-refractivity contribution in [2.45, 2.75) is 0 Å². The second kappa shape index (κ2) is 37.1. The third-order valence-corrected chi connectivity index (χ3v) is 29.1. The maximum atomic E-state index is 5.20. The number of rotatable bonds is 19. The van der Waals surface area contributed by atoms with Crippen molar-refractivity contribution in [1.29, 1.82) is 0 Å². The Kier molecular flexibility index (Phi) is 22.1. The van der Waals surface area contributed by atoms with Crippen molar-refractivity contribution in [3.8, 4) is 212 Å². The molecule has 26 aromatic rings. The lowest BCUT2D eigenvalue weighted by molar-refractivity contribution is 1.36. The van der Waals surface area contributed by atoms with Gasteiger partial charge in [-0.25, -0.2) is 4.98 Å². The number of aromatic nitrogens is 2. The quantitative estimate of drug-likeness (QED) is 0.0754. The third kappa shape index (κ3) is 15.3. The van der Waals surface area contributed by atoms with Gasteiger partial charge in [-0.2, -0.15) is 0 Å². The highest BCUT2D eigenvalue weighted by Crippen LogP contribution is 2.61. The fraction of sp³-hybridized carbons (Fsp3) is 0. The van der Waals surface area contributed by atoms with E-state index in [4.69, 9.17) is 9.97 Å². The summed E-state index contributed by atoms with van der Waals surface area (Å²) >= 11 is 0. The van der Waals surface area contributed by atoms with Crippen molar-refractivity contribution in [2.75, 3.05) is 0 Å². The first-order valence-corrected chi connectivity index (χ1v) is 49.6. The SMILES string of the molecule is c1ccc(-c2c(-c3ccccc3)c(-c3ccccc3)c(-c3cccc(-c4c5ccccc5c(-c5cccc(-c6cncc7cc(-c8cccc(-c9c(-c%10ccccc%10)c(-c%10ccccc%10)c(-c%10ccccc%10)c(-c%10cccc(-c%11c%12ccccc%12c(-c%12cccc(-c%13ccc%14ccccc%14n%13)c%12)c%12ccccc%11%12)c%10)c9-c9ccccc9)c8)ccc67)c5)c5ccccc45)c3)c(-c3ccccc3)c2-c2ccccc2)cc1. The van der Waals surface area contributed by atoms with E-state index in [1.54, 1.807) is 0 Å². The van der Waals surface area contributed by atoms with E-state index < -0.39 is 0 Å². The van der Waals surface area contributed by atoms with Gasteiger partial charge in [0.25, 0.3) is 0 Å². The van der Waals surface area contributed by atoms with E-state index in [0.29, 0.717) is 0 Å². The van der Waals surface area contributed by atoms with Crippen molar-refractivity contribution in [3.63, 3.8) is 0 Å². The van der Waals surface area contributed by atoms with Crippen molar-refractivity contribution in [2.24, 2.45) is 0 Å². The highest BCUT2D eigenvalue weighted by atomic mass is 14.7. The fourth-order valence-corrected chi connectivity index (χ4v) is 22.9. The molecule has 0 atom stereocenters. The number of fused-ring (bicyclic) bond motifs is 6. The van der Waals surface area contributed by atoms with Crippen LogP contribution in [0.1, 0.15) is 0 Å². The Balaban J connectivity index is 0.619. The minimum atomic E-state index is 0.945. The van der Waals surface area contributed by atoms with Gasteiger partial charge in [0.2, 0.25) is 0 Å². The monoisotopic (exact) mass is 1820 g/mol. The molecular weight excluding hydrogens is 1730 g/mol. The van der Waals surface area contributed by atoms with Gasteiger partial charge in [0.1, 0.15) is 0 Å². The largest absolute Gasteiger partial charge is 0.263 e. The average Bonchev–Trinajstić information content (AvgIpc) is 0.721. The van der Waals surface area contributed by atoms with Crippen LogP contribution in [0.25, 0.3) is 276 Å². The molecule has 24 aromatic carbocycles. The number of benzene rings is 24. The Morgan fingerprint density at radius 2 is 0.326 bits per heavy atom. The van der Waals surface area contributed by atoms with Gasteiger partial charge < -0.3 is 0 Å². The Bertz CT molecular complexity index is 9220. The van der Waals surface area contributed by atoms with Crippen LogP contribution in [0, 0.1) is 0 Å². The molecule has 0 aliphatic rings. The lowest BCUT2D eigenvalue weighted by Gasteiger charge is -2.29. The molecule has 0 radical (unpaired) electrons. The molecule has 0 aliphatic heterocycles. The van der Waals surface area contributed by atoms with Crippen molar-refractivity contribution < 1.29 is 0 Å². The summed E-state index contributed by atoms with van der Waals surface area (Å²) in [6.45, 7) is 0. The first-order chi connectivity index (χ1) is 71.5. The van der Waals surface area contributed by atoms with Crippen LogP contribution in [0.15, 0.2) is 558 Å². The first-order valence-electron chi connectivity index (χ1n) is 49.6. The number of hydrogen-bond donors (Lipinski definition) is 0. The zero-order chi connectivity index (χ0) is 95.3. The van der Waals surface area contributed by atoms with Crippen LogP contribution in [-0.2, 0) is 0 Å². The normalized spacial score (nSPS) is 11.5. The van der Waals surface area contributed by atoms with Crippen molar-refractivity contribution >= 4 is 64.8 Å². The lowest BCUT2D eigenvalue weighted by atomic mass is 9.73. The number of nitrogens with zero attached hydrogens (tertiary/aromatic N) is 2. The smallest absolute Gasteiger partial charge is 0.0709 e. The first kappa shape index (κ1) is 85.6. The van der Waals surface area contributed by atoms with Gasteiger partial charge in [-0.05, 0) is 292 Å². The van der Waals surface area contributed by atoms with Crippen molar-refractivity contribution in [3.05, 3.63) is 558 Å². The van der Waals surface area contributed by atoms with E-state index >= 15 is 0 Å². The minimum Gasteiger partial charge on any atom is -0.263 e. The Morgan fingerprint density at radius 3 is 0.632 bits per heavy atom. The van der Waals surface area contributed by atoms with Gasteiger partial charge in [-0.3, -0.25) is 4.98 Å². The molecule has 0 amide bonds. The summed E-state index contributed by atoms with van der Waals surface area (Å²) in [7, 11) is 0. The molecule has 0 saturated carbocycles. The molecule has 0 saturated heterocycles. The molecule has 0 bridgehead atoms.